The van der Waals surface area contributed by atoms with Gasteiger partial charge in [-0.2, -0.15) is 0 Å². The fourth-order valence-electron chi connectivity index (χ4n) is 2.85. The number of nitrogens with one attached hydrogen (secondary N) is 1. The maximum atomic E-state index is 12.9. The zero-order valence-electron chi connectivity index (χ0n) is 14.5. The van der Waals surface area contributed by atoms with Gasteiger partial charge in [0.15, 0.2) is 5.78 Å². The number of hydrogen-bond donors (Lipinski definition) is 1. The molecular weight excluding hydrogens is 322 g/mol. The van der Waals surface area contributed by atoms with Crippen molar-refractivity contribution in [1.29, 1.82) is 0 Å². The van der Waals surface area contributed by atoms with E-state index in [1.807, 2.05) is 78.9 Å². The minimum Gasteiger partial charge on any atom is -0.342 e. The molecule has 3 aromatic rings. The average Bonchev–Trinajstić information content (AvgIpc) is 2.69. The summed E-state index contributed by atoms with van der Waals surface area (Å²) in [7, 11) is 0. The van der Waals surface area contributed by atoms with Gasteiger partial charge in [-0.3, -0.25) is 9.59 Å². The molecule has 0 aromatic heterocycles. The fourth-order valence-corrected chi connectivity index (χ4v) is 2.85. The average molecular weight is 343 g/mol. The highest BCUT2D eigenvalue weighted by Gasteiger charge is 2.22. The molecular formula is C23H21NO2. The molecule has 0 aliphatic carbocycles. The molecule has 0 spiro atoms. The third kappa shape index (κ3) is 4.90. The normalized spacial score (nSPS) is 11.5. The van der Waals surface area contributed by atoms with Gasteiger partial charge >= 0.3 is 0 Å². The smallest absolute Gasteiger partial charge is 0.251 e. The highest BCUT2D eigenvalue weighted by Crippen LogP contribution is 2.09. The maximum absolute atomic E-state index is 12.9. The lowest BCUT2D eigenvalue weighted by Gasteiger charge is -2.18. The molecule has 3 nitrogen and oxygen atoms in total. The number of carbonyl (C=O) groups is 2. The molecule has 130 valence electrons. The number of hydrogen-bond acceptors (Lipinski definition) is 2. The Morgan fingerprint density at radius 2 is 1.19 bits per heavy atom. The third-order valence-corrected chi connectivity index (χ3v) is 4.23. The summed E-state index contributed by atoms with van der Waals surface area (Å²) >= 11 is 0. The molecule has 1 N–H and O–H groups in total. The van der Waals surface area contributed by atoms with Crippen molar-refractivity contribution in [1.82, 2.24) is 5.32 Å². The van der Waals surface area contributed by atoms with Crippen molar-refractivity contribution < 1.29 is 9.59 Å². The molecule has 0 heterocycles. The summed E-state index contributed by atoms with van der Waals surface area (Å²) in [5.74, 6) is -0.225. The topological polar surface area (TPSA) is 46.2 Å². The molecule has 0 fully saturated rings. The fraction of sp³-hybridized carbons (Fsp3) is 0.130. The van der Waals surface area contributed by atoms with Crippen LogP contribution in [0.2, 0.25) is 0 Å². The summed E-state index contributed by atoms with van der Waals surface area (Å²) in [6.45, 7) is 0. The molecule has 0 saturated carbocycles. The van der Waals surface area contributed by atoms with Gasteiger partial charge in [0, 0.05) is 12.0 Å². The van der Waals surface area contributed by atoms with Gasteiger partial charge in [-0.1, -0.05) is 78.9 Å². The molecule has 1 amide bonds. The molecule has 26 heavy (non-hydrogen) atoms. The Balaban J connectivity index is 1.76. The Bertz CT molecular complexity index is 845. The first kappa shape index (κ1) is 17.6. The van der Waals surface area contributed by atoms with Crippen molar-refractivity contribution >= 4 is 11.7 Å². The zero-order valence-corrected chi connectivity index (χ0v) is 14.5. The minimum absolute atomic E-state index is 0.00401. The number of ketones is 1. The highest BCUT2D eigenvalue weighted by molar-refractivity contribution is 5.98. The van der Waals surface area contributed by atoms with Crippen LogP contribution in [0, 0.1) is 0 Å². The zero-order chi connectivity index (χ0) is 18.2. The lowest BCUT2D eigenvalue weighted by molar-refractivity contribution is -0.120. The summed E-state index contributed by atoms with van der Waals surface area (Å²) in [4.78, 5) is 25.4. The summed E-state index contributed by atoms with van der Waals surface area (Å²) in [6, 6.07) is 27.8. The number of rotatable bonds is 7. The van der Waals surface area contributed by atoms with Gasteiger partial charge in [0.05, 0.1) is 6.04 Å². The molecule has 3 heteroatoms. The van der Waals surface area contributed by atoms with E-state index < -0.39 is 6.04 Å². The van der Waals surface area contributed by atoms with Crippen LogP contribution in [0.25, 0.3) is 0 Å². The first-order valence-electron chi connectivity index (χ1n) is 8.69. The van der Waals surface area contributed by atoms with Crippen LogP contribution < -0.4 is 5.32 Å². The van der Waals surface area contributed by atoms with Crippen LogP contribution in [0.4, 0.5) is 0 Å². The van der Waals surface area contributed by atoms with E-state index >= 15 is 0 Å². The van der Waals surface area contributed by atoms with E-state index in [0.29, 0.717) is 18.4 Å². The van der Waals surface area contributed by atoms with E-state index in [-0.39, 0.29) is 11.7 Å². The summed E-state index contributed by atoms with van der Waals surface area (Å²) in [5, 5.41) is 2.91. The van der Waals surface area contributed by atoms with Crippen molar-refractivity contribution in [2.45, 2.75) is 18.9 Å². The second-order valence-electron chi connectivity index (χ2n) is 6.21. The Kier molecular flexibility index (Phi) is 5.94. The van der Waals surface area contributed by atoms with Crippen molar-refractivity contribution in [2.75, 3.05) is 0 Å². The second kappa shape index (κ2) is 8.77. The summed E-state index contributed by atoms with van der Waals surface area (Å²) in [6.07, 6.45) is 0.776. The van der Waals surface area contributed by atoms with Crippen LogP contribution in [-0.2, 0) is 17.6 Å². The third-order valence-electron chi connectivity index (χ3n) is 4.23. The van der Waals surface area contributed by atoms with Crippen molar-refractivity contribution in [3.8, 4) is 0 Å². The van der Waals surface area contributed by atoms with Crippen molar-refractivity contribution in [3.63, 3.8) is 0 Å². The van der Waals surface area contributed by atoms with Crippen LogP contribution in [0.1, 0.15) is 21.5 Å². The van der Waals surface area contributed by atoms with Crippen molar-refractivity contribution in [3.05, 3.63) is 108 Å². The van der Waals surface area contributed by atoms with E-state index in [9.17, 15) is 9.59 Å². The summed E-state index contributed by atoms with van der Waals surface area (Å²) < 4.78 is 0. The van der Waals surface area contributed by atoms with Gasteiger partial charge in [-0.15, -0.1) is 0 Å². The van der Waals surface area contributed by atoms with Crippen LogP contribution >= 0.6 is 0 Å². The first-order chi connectivity index (χ1) is 12.7. The van der Waals surface area contributed by atoms with Gasteiger partial charge in [-0.25, -0.2) is 0 Å². The number of amides is 1. The molecule has 0 bridgehead atoms. The van der Waals surface area contributed by atoms with Gasteiger partial charge < -0.3 is 5.32 Å². The van der Waals surface area contributed by atoms with Crippen LogP contribution in [0.3, 0.4) is 0 Å². The SMILES string of the molecule is O=C(NC(Cc1ccccc1)C(=O)Cc1ccccc1)c1ccccc1. The molecule has 3 rings (SSSR count). The molecule has 1 atom stereocenters. The van der Waals surface area contributed by atoms with Gasteiger partial charge in [-0.05, 0) is 29.7 Å². The molecule has 1 unspecified atom stereocenters. The quantitative estimate of drug-likeness (QED) is 0.708. The predicted octanol–water partition coefficient (Wildman–Crippen LogP) is 3.84. The molecule has 0 saturated heterocycles. The van der Waals surface area contributed by atoms with Crippen LogP contribution in [0.15, 0.2) is 91.0 Å². The largest absolute Gasteiger partial charge is 0.342 e. The highest BCUT2D eigenvalue weighted by atomic mass is 16.2. The van der Waals surface area contributed by atoms with Crippen LogP contribution in [0.5, 0.6) is 0 Å². The second-order valence-corrected chi connectivity index (χ2v) is 6.21. The molecule has 0 aliphatic heterocycles. The van der Waals surface area contributed by atoms with E-state index in [4.69, 9.17) is 0 Å². The molecule has 0 aliphatic rings. The number of Topliss-reactive ketones (excluding diaryl/α,β-unsaturated/α-hetero) is 1. The predicted molar refractivity (Wildman–Crippen MR) is 103 cm³/mol. The monoisotopic (exact) mass is 343 g/mol. The van der Waals surface area contributed by atoms with E-state index in [2.05, 4.69) is 5.32 Å². The Morgan fingerprint density at radius 3 is 1.77 bits per heavy atom. The van der Waals surface area contributed by atoms with E-state index in [1.54, 1.807) is 12.1 Å². The van der Waals surface area contributed by atoms with Gasteiger partial charge in [0.2, 0.25) is 0 Å². The number of benzene rings is 3. The Labute approximate surface area is 153 Å². The number of carbonyl (C=O) groups excluding carboxylic acids is 2. The Hall–Kier alpha value is -3.20. The maximum Gasteiger partial charge on any atom is 0.251 e. The standard InChI is InChI=1S/C23H21NO2/c25-22(17-19-12-6-2-7-13-19)21(16-18-10-4-1-5-11-18)24-23(26)20-14-8-3-9-15-20/h1-15,21H,16-17H2,(H,24,26). The van der Waals surface area contributed by atoms with Crippen LogP contribution in [-0.4, -0.2) is 17.7 Å². The lowest BCUT2D eigenvalue weighted by atomic mass is 9.97. The van der Waals surface area contributed by atoms with Gasteiger partial charge in [0.25, 0.3) is 5.91 Å². The first-order valence-corrected chi connectivity index (χ1v) is 8.69. The summed E-state index contributed by atoms with van der Waals surface area (Å²) in [5.41, 5.74) is 2.52. The molecule has 3 aromatic carbocycles. The van der Waals surface area contributed by atoms with Gasteiger partial charge in [0.1, 0.15) is 0 Å². The van der Waals surface area contributed by atoms with Crippen molar-refractivity contribution in [2.24, 2.45) is 0 Å². The van der Waals surface area contributed by atoms with E-state index in [1.165, 1.54) is 0 Å². The van der Waals surface area contributed by atoms with E-state index in [0.717, 1.165) is 11.1 Å². The minimum atomic E-state index is -0.565. The lowest BCUT2D eigenvalue weighted by Crippen LogP contribution is -2.43. The Morgan fingerprint density at radius 1 is 0.692 bits per heavy atom. The molecule has 0 radical (unpaired) electrons.